The molecule has 0 aliphatic carbocycles. The van der Waals surface area contributed by atoms with E-state index in [9.17, 15) is 0 Å². The number of anilines is 3. The number of imidazole rings is 1. The van der Waals surface area contributed by atoms with Gasteiger partial charge in [-0.3, -0.25) is 4.90 Å². The maximum Gasteiger partial charge on any atom is 0.229 e. The van der Waals surface area contributed by atoms with Crippen LogP contribution >= 0.6 is 0 Å². The van der Waals surface area contributed by atoms with Gasteiger partial charge in [0.2, 0.25) is 5.95 Å². The Kier molecular flexibility index (Phi) is 6.82. The second kappa shape index (κ2) is 9.52. The topological polar surface area (TPSA) is 70.9 Å². The number of nitrogens with one attached hydrogen (secondary N) is 2. The molecule has 7 nitrogen and oxygen atoms in total. The summed E-state index contributed by atoms with van der Waals surface area (Å²) in [7, 11) is 0. The Morgan fingerprint density at radius 2 is 1.79 bits per heavy atom. The summed E-state index contributed by atoms with van der Waals surface area (Å²) in [4.78, 5) is 15.6. The summed E-state index contributed by atoms with van der Waals surface area (Å²) >= 11 is 0. The van der Waals surface area contributed by atoms with E-state index in [0.717, 1.165) is 35.8 Å². The Morgan fingerprint density at radius 1 is 1.07 bits per heavy atom. The molecule has 2 heterocycles. The van der Waals surface area contributed by atoms with Crippen LogP contribution in [-0.2, 0) is 0 Å². The maximum atomic E-state index is 4.66. The van der Waals surface area contributed by atoms with Gasteiger partial charge in [0, 0.05) is 60.7 Å². The number of hydrogen-bond acceptors (Lipinski definition) is 6. The Labute approximate surface area is 173 Å². The standard InChI is InChI=1S/C22H31N7/c1-16(2)29(17(3)4)13-11-24-21-18(5)14-25-22(27-21)26-19-6-8-20(9-7-19)28-12-10-23-15-28/h6-10,12,14-17H,11,13H2,1-5H3,(H2,24,25,26,27). The van der Waals surface area contributed by atoms with E-state index < -0.39 is 0 Å². The number of aryl methyl sites for hydroxylation is 1. The van der Waals surface area contributed by atoms with Crippen LogP contribution in [0.5, 0.6) is 0 Å². The van der Waals surface area contributed by atoms with Crippen LogP contribution in [0.2, 0.25) is 0 Å². The Morgan fingerprint density at radius 3 is 2.41 bits per heavy atom. The lowest BCUT2D eigenvalue weighted by molar-refractivity contribution is 0.182. The summed E-state index contributed by atoms with van der Waals surface area (Å²) in [5.41, 5.74) is 3.03. The number of hydrogen-bond donors (Lipinski definition) is 2. The van der Waals surface area contributed by atoms with Gasteiger partial charge in [-0.1, -0.05) is 0 Å². The van der Waals surface area contributed by atoms with Crippen LogP contribution in [0, 0.1) is 6.92 Å². The van der Waals surface area contributed by atoms with E-state index in [1.165, 1.54) is 0 Å². The lowest BCUT2D eigenvalue weighted by atomic mass is 10.2. The van der Waals surface area contributed by atoms with Crippen LogP contribution in [0.3, 0.4) is 0 Å². The van der Waals surface area contributed by atoms with Crippen molar-refractivity contribution in [1.29, 1.82) is 0 Å². The van der Waals surface area contributed by atoms with Crippen molar-refractivity contribution in [3.8, 4) is 5.69 Å². The Bertz CT molecular complexity index is 878. The van der Waals surface area contributed by atoms with Crippen molar-refractivity contribution in [3.63, 3.8) is 0 Å². The molecule has 2 aromatic heterocycles. The van der Waals surface area contributed by atoms with Crippen molar-refractivity contribution < 1.29 is 0 Å². The monoisotopic (exact) mass is 393 g/mol. The molecule has 0 saturated heterocycles. The highest BCUT2D eigenvalue weighted by atomic mass is 15.2. The van der Waals surface area contributed by atoms with Crippen molar-refractivity contribution in [2.45, 2.75) is 46.7 Å². The second-order valence-electron chi connectivity index (χ2n) is 7.72. The van der Waals surface area contributed by atoms with E-state index in [0.29, 0.717) is 18.0 Å². The summed E-state index contributed by atoms with van der Waals surface area (Å²) in [5.74, 6) is 1.45. The number of aromatic nitrogens is 4. The predicted octanol–water partition coefficient (Wildman–Crippen LogP) is 4.25. The zero-order chi connectivity index (χ0) is 20.8. The molecule has 154 valence electrons. The third-order valence-electron chi connectivity index (χ3n) is 4.89. The predicted molar refractivity (Wildman–Crippen MR) is 119 cm³/mol. The zero-order valence-corrected chi connectivity index (χ0v) is 17.9. The molecule has 0 spiro atoms. The highest BCUT2D eigenvalue weighted by Gasteiger charge is 2.13. The molecule has 3 rings (SSSR count). The SMILES string of the molecule is Cc1cnc(Nc2ccc(-n3ccnc3)cc2)nc1NCCN(C(C)C)C(C)C. The minimum atomic E-state index is 0.519. The molecule has 0 atom stereocenters. The first kappa shape index (κ1) is 20.8. The summed E-state index contributed by atoms with van der Waals surface area (Å²) in [6.45, 7) is 12.8. The minimum Gasteiger partial charge on any atom is -0.368 e. The first-order valence-electron chi connectivity index (χ1n) is 10.1. The summed E-state index contributed by atoms with van der Waals surface area (Å²) in [6.07, 6.45) is 7.31. The fourth-order valence-corrected chi connectivity index (χ4v) is 3.36. The van der Waals surface area contributed by atoms with Crippen molar-refractivity contribution in [2.75, 3.05) is 23.7 Å². The van der Waals surface area contributed by atoms with Gasteiger partial charge in [-0.2, -0.15) is 4.98 Å². The van der Waals surface area contributed by atoms with Crippen molar-refractivity contribution in [1.82, 2.24) is 24.4 Å². The molecule has 2 N–H and O–H groups in total. The largest absolute Gasteiger partial charge is 0.368 e. The van der Waals surface area contributed by atoms with Gasteiger partial charge in [0.05, 0.1) is 6.33 Å². The number of benzene rings is 1. The molecule has 0 unspecified atom stereocenters. The van der Waals surface area contributed by atoms with Gasteiger partial charge in [0.25, 0.3) is 0 Å². The molecule has 0 fully saturated rings. The maximum absolute atomic E-state index is 4.66. The van der Waals surface area contributed by atoms with E-state index in [4.69, 9.17) is 0 Å². The molecule has 0 aliphatic rings. The van der Waals surface area contributed by atoms with Gasteiger partial charge in [-0.05, 0) is 58.9 Å². The fraction of sp³-hybridized carbons (Fsp3) is 0.409. The molecule has 0 amide bonds. The van der Waals surface area contributed by atoms with Gasteiger partial charge in [0.1, 0.15) is 5.82 Å². The summed E-state index contributed by atoms with van der Waals surface area (Å²) in [6, 6.07) is 9.12. The number of nitrogens with zero attached hydrogens (tertiary/aromatic N) is 5. The number of rotatable bonds is 9. The first-order valence-corrected chi connectivity index (χ1v) is 10.1. The van der Waals surface area contributed by atoms with Crippen LogP contribution in [0.25, 0.3) is 5.69 Å². The zero-order valence-electron chi connectivity index (χ0n) is 17.9. The van der Waals surface area contributed by atoms with Gasteiger partial charge < -0.3 is 15.2 Å². The minimum absolute atomic E-state index is 0.519. The quantitative estimate of drug-likeness (QED) is 0.566. The average molecular weight is 394 g/mol. The van der Waals surface area contributed by atoms with Crippen LogP contribution in [0.4, 0.5) is 17.5 Å². The molecule has 29 heavy (non-hydrogen) atoms. The van der Waals surface area contributed by atoms with Gasteiger partial charge in [-0.15, -0.1) is 0 Å². The van der Waals surface area contributed by atoms with Crippen molar-refractivity contribution in [2.24, 2.45) is 0 Å². The molecule has 3 aromatic rings. The molecular weight excluding hydrogens is 362 g/mol. The van der Waals surface area contributed by atoms with Gasteiger partial charge in [-0.25, -0.2) is 9.97 Å². The normalized spacial score (nSPS) is 11.4. The average Bonchev–Trinajstić information content (AvgIpc) is 3.22. The Hall–Kier alpha value is -2.93. The molecule has 1 aromatic carbocycles. The Balaban J connectivity index is 1.63. The lowest BCUT2D eigenvalue weighted by Gasteiger charge is -2.30. The molecule has 0 aliphatic heterocycles. The van der Waals surface area contributed by atoms with E-state index in [1.54, 1.807) is 12.5 Å². The fourth-order valence-electron chi connectivity index (χ4n) is 3.36. The summed E-state index contributed by atoms with van der Waals surface area (Å²) in [5, 5.41) is 6.75. The van der Waals surface area contributed by atoms with Crippen LogP contribution in [0.1, 0.15) is 33.3 Å². The molecule has 0 radical (unpaired) electrons. The van der Waals surface area contributed by atoms with E-state index in [1.807, 2.05) is 48.1 Å². The van der Waals surface area contributed by atoms with Crippen LogP contribution < -0.4 is 10.6 Å². The highest BCUT2D eigenvalue weighted by Crippen LogP contribution is 2.19. The van der Waals surface area contributed by atoms with Gasteiger partial charge >= 0.3 is 0 Å². The van der Waals surface area contributed by atoms with Crippen molar-refractivity contribution >= 4 is 17.5 Å². The second-order valence-corrected chi connectivity index (χ2v) is 7.72. The van der Waals surface area contributed by atoms with Crippen molar-refractivity contribution in [3.05, 3.63) is 54.7 Å². The lowest BCUT2D eigenvalue weighted by Crippen LogP contribution is -2.40. The van der Waals surface area contributed by atoms with Crippen LogP contribution in [-0.4, -0.2) is 49.6 Å². The van der Waals surface area contributed by atoms with E-state index in [-0.39, 0.29) is 0 Å². The highest BCUT2D eigenvalue weighted by molar-refractivity contribution is 5.57. The van der Waals surface area contributed by atoms with Gasteiger partial charge in [0.15, 0.2) is 0 Å². The van der Waals surface area contributed by atoms with E-state index >= 15 is 0 Å². The third-order valence-corrected chi connectivity index (χ3v) is 4.89. The molecule has 7 heteroatoms. The molecular formula is C22H31N7. The van der Waals surface area contributed by atoms with E-state index in [2.05, 4.69) is 58.2 Å². The molecule has 0 saturated carbocycles. The first-order chi connectivity index (χ1) is 13.9. The smallest absolute Gasteiger partial charge is 0.229 e. The summed E-state index contributed by atoms with van der Waals surface area (Å²) < 4.78 is 1.96. The third kappa shape index (κ3) is 5.54. The van der Waals surface area contributed by atoms with Crippen LogP contribution in [0.15, 0.2) is 49.2 Å². The molecule has 0 bridgehead atoms.